The largest absolute Gasteiger partial charge is 0.331 e. The van der Waals surface area contributed by atoms with Crippen LogP contribution in [-0.4, -0.2) is 41.1 Å². The number of piperidine rings is 1. The highest BCUT2D eigenvalue weighted by Crippen LogP contribution is 2.22. The number of nitrogens with one attached hydrogen (secondary N) is 1. The molecule has 1 aliphatic rings. The molecule has 4 heteroatoms. The van der Waals surface area contributed by atoms with Crippen LogP contribution in [0.3, 0.4) is 0 Å². The lowest BCUT2D eigenvalue weighted by molar-refractivity contribution is 0.168. The predicted molar refractivity (Wildman–Crippen MR) is 79.2 cm³/mol. The first-order chi connectivity index (χ1) is 9.20. The van der Waals surface area contributed by atoms with Crippen molar-refractivity contribution >= 4 is 0 Å². The molecule has 1 N–H and O–H groups in total. The van der Waals surface area contributed by atoms with E-state index in [0.717, 1.165) is 19.0 Å². The number of likely N-dealkylation sites (tertiary alicyclic amines) is 1. The number of hydrogen-bond donors (Lipinski definition) is 1. The van der Waals surface area contributed by atoms with Crippen LogP contribution in [0.1, 0.15) is 44.8 Å². The van der Waals surface area contributed by atoms with Gasteiger partial charge in [0.25, 0.3) is 0 Å². The van der Waals surface area contributed by atoms with Crippen LogP contribution in [0.5, 0.6) is 0 Å². The maximum Gasteiger partial charge on any atom is 0.0951 e. The van der Waals surface area contributed by atoms with Crippen LogP contribution in [0.4, 0.5) is 0 Å². The quantitative estimate of drug-likeness (QED) is 0.856. The Labute approximate surface area is 117 Å². The highest BCUT2D eigenvalue weighted by Gasteiger charge is 2.19. The van der Waals surface area contributed by atoms with Crippen LogP contribution in [0.2, 0.25) is 0 Å². The molecule has 1 aromatic rings. The second-order valence-corrected chi connectivity index (χ2v) is 6.00. The Morgan fingerprint density at radius 1 is 1.37 bits per heavy atom. The first-order valence-corrected chi connectivity index (χ1v) is 7.58. The Hall–Kier alpha value is -0.870. The molecule has 0 aliphatic carbocycles. The lowest BCUT2D eigenvalue weighted by Gasteiger charge is -2.32. The summed E-state index contributed by atoms with van der Waals surface area (Å²) >= 11 is 0. The van der Waals surface area contributed by atoms with E-state index in [2.05, 4.69) is 33.6 Å². The van der Waals surface area contributed by atoms with Gasteiger partial charge in [0, 0.05) is 18.8 Å². The molecule has 108 valence electrons. The van der Waals surface area contributed by atoms with E-state index in [1.54, 1.807) is 0 Å². The molecule has 0 bridgehead atoms. The summed E-state index contributed by atoms with van der Waals surface area (Å²) in [6.45, 7) is 9.11. The molecule has 2 heterocycles. The average molecular weight is 264 g/mol. The molecule has 0 aromatic carbocycles. The van der Waals surface area contributed by atoms with Gasteiger partial charge >= 0.3 is 0 Å². The molecule has 4 nitrogen and oxygen atoms in total. The van der Waals surface area contributed by atoms with Gasteiger partial charge in [-0.05, 0) is 65.7 Å². The molecule has 1 aliphatic heterocycles. The Kier molecular flexibility index (Phi) is 5.40. The van der Waals surface area contributed by atoms with Gasteiger partial charge in [-0.25, -0.2) is 4.98 Å². The van der Waals surface area contributed by atoms with E-state index in [4.69, 9.17) is 0 Å². The van der Waals surface area contributed by atoms with Gasteiger partial charge in [-0.15, -0.1) is 0 Å². The lowest BCUT2D eigenvalue weighted by atomic mass is 9.93. The zero-order valence-electron chi connectivity index (χ0n) is 12.6. The molecule has 1 aromatic heterocycles. The molecule has 1 fully saturated rings. The van der Waals surface area contributed by atoms with Crippen molar-refractivity contribution < 1.29 is 0 Å². The zero-order valence-corrected chi connectivity index (χ0v) is 12.6. The summed E-state index contributed by atoms with van der Waals surface area (Å²) in [7, 11) is 2.04. The van der Waals surface area contributed by atoms with E-state index < -0.39 is 0 Å². The molecule has 0 amide bonds. The van der Waals surface area contributed by atoms with Crippen LogP contribution >= 0.6 is 0 Å². The zero-order chi connectivity index (χ0) is 13.7. The van der Waals surface area contributed by atoms with E-state index in [1.807, 2.05) is 19.6 Å². The topological polar surface area (TPSA) is 33.1 Å². The fourth-order valence-corrected chi connectivity index (χ4v) is 2.93. The molecule has 19 heavy (non-hydrogen) atoms. The van der Waals surface area contributed by atoms with Gasteiger partial charge in [0.15, 0.2) is 0 Å². The maximum atomic E-state index is 4.29. The second-order valence-electron chi connectivity index (χ2n) is 6.00. The van der Waals surface area contributed by atoms with Crippen LogP contribution in [0.15, 0.2) is 12.5 Å². The number of aromatic nitrogens is 2. The fraction of sp³-hybridized carbons (Fsp3) is 0.800. The molecule has 2 rings (SSSR count). The Morgan fingerprint density at radius 3 is 2.74 bits per heavy atom. The third kappa shape index (κ3) is 4.05. The van der Waals surface area contributed by atoms with Crippen molar-refractivity contribution in [2.75, 3.05) is 26.7 Å². The normalized spacial score (nSPS) is 18.3. The number of hydrogen-bond acceptors (Lipinski definition) is 3. The summed E-state index contributed by atoms with van der Waals surface area (Å²) in [6.07, 6.45) is 8.00. The third-order valence-corrected chi connectivity index (χ3v) is 4.20. The van der Waals surface area contributed by atoms with Crippen molar-refractivity contribution in [1.82, 2.24) is 19.8 Å². The minimum atomic E-state index is 0.505. The monoisotopic (exact) mass is 264 g/mol. The van der Waals surface area contributed by atoms with Crippen LogP contribution in [0, 0.1) is 5.92 Å². The first-order valence-electron chi connectivity index (χ1n) is 7.58. The van der Waals surface area contributed by atoms with Crippen molar-refractivity contribution in [2.45, 2.75) is 45.7 Å². The smallest absolute Gasteiger partial charge is 0.0951 e. The second kappa shape index (κ2) is 7.06. The van der Waals surface area contributed by atoms with E-state index >= 15 is 0 Å². The molecule has 0 radical (unpaired) electrons. The van der Waals surface area contributed by atoms with Gasteiger partial charge < -0.3 is 9.88 Å². The standard InChI is InChI=1S/C15H28N4/c1-13(2)19-12-17-10-15(19)11-18-8-5-14(6-9-18)4-7-16-3/h10,12-14,16H,4-9,11H2,1-3H3. The summed E-state index contributed by atoms with van der Waals surface area (Å²) in [6, 6.07) is 0.505. The SMILES string of the molecule is CNCCC1CCN(Cc2cncn2C(C)C)CC1. The first kappa shape index (κ1) is 14.5. The van der Waals surface area contributed by atoms with Gasteiger partial charge in [-0.1, -0.05) is 0 Å². The highest BCUT2D eigenvalue weighted by molar-refractivity contribution is 5.00. The molecule has 0 unspecified atom stereocenters. The Balaban J connectivity index is 1.80. The summed E-state index contributed by atoms with van der Waals surface area (Å²) < 4.78 is 2.28. The highest BCUT2D eigenvalue weighted by atomic mass is 15.2. The fourth-order valence-electron chi connectivity index (χ4n) is 2.93. The van der Waals surface area contributed by atoms with E-state index in [1.165, 1.54) is 38.0 Å². The Bertz CT molecular complexity index is 364. The summed E-state index contributed by atoms with van der Waals surface area (Å²) in [4.78, 5) is 6.87. The van der Waals surface area contributed by atoms with Gasteiger partial charge in [0.1, 0.15) is 0 Å². The van der Waals surface area contributed by atoms with Crippen LogP contribution in [0.25, 0.3) is 0 Å². The van der Waals surface area contributed by atoms with Crippen LogP contribution < -0.4 is 5.32 Å². The number of rotatable bonds is 6. The maximum absolute atomic E-state index is 4.29. The number of imidazole rings is 1. The molecule has 0 atom stereocenters. The van der Waals surface area contributed by atoms with Gasteiger partial charge in [0.2, 0.25) is 0 Å². The minimum Gasteiger partial charge on any atom is -0.331 e. The van der Waals surface area contributed by atoms with Crippen LogP contribution in [-0.2, 0) is 6.54 Å². The minimum absolute atomic E-state index is 0.505. The van der Waals surface area contributed by atoms with Crippen molar-refractivity contribution in [3.63, 3.8) is 0 Å². The van der Waals surface area contributed by atoms with E-state index in [-0.39, 0.29) is 0 Å². The van der Waals surface area contributed by atoms with E-state index in [0.29, 0.717) is 6.04 Å². The number of nitrogens with zero attached hydrogens (tertiary/aromatic N) is 3. The van der Waals surface area contributed by atoms with Crippen molar-refractivity contribution in [2.24, 2.45) is 5.92 Å². The van der Waals surface area contributed by atoms with Crippen molar-refractivity contribution in [3.05, 3.63) is 18.2 Å². The summed E-state index contributed by atoms with van der Waals surface area (Å²) in [5, 5.41) is 3.26. The molecule has 0 spiro atoms. The Morgan fingerprint density at radius 2 is 2.11 bits per heavy atom. The molecular formula is C15H28N4. The van der Waals surface area contributed by atoms with Gasteiger partial charge in [-0.2, -0.15) is 0 Å². The van der Waals surface area contributed by atoms with Gasteiger partial charge in [-0.3, -0.25) is 4.90 Å². The molecule has 1 saturated heterocycles. The molecule has 0 saturated carbocycles. The third-order valence-electron chi connectivity index (χ3n) is 4.20. The summed E-state index contributed by atoms with van der Waals surface area (Å²) in [5.74, 6) is 0.915. The summed E-state index contributed by atoms with van der Waals surface area (Å²) in [5.41, 5.74) is 1.35. The predicted octanol–water partition coefficient (Wildman–Crippen LogP) is 2.29. The lowest BCUT2D eigenvalue weighted by Crippen LogP contribution is -2.34. The molecular weight excluding hydrogens is 236 g/mol. The average Bonchev–Trinajstić information content (AvgIpc) is 2.86. The van der Waals surface area contributed by atoms with Crippen molar-refractivity contribution in [3.8, 4) is 0 Å². The van der Waals surface area contributed by atoms with Crippen molar-refractivity contribution in [1.29, 1.82) is 0 Å². The van der Waals surface area contributed by atoms with E-state index in [9.17, 15) is 0 Å². The van der Waals surface area contributed by atoms with Gasteiger partial charge in [0.05, 0.1) is 12.0 Å².